The molecule has 1 aromatic heterocycles. The fourth-order valence-electron chi connectivity index (χ4n) is 7.22. The van der Waals surface area contributed by atoms with Gasteiger partial charge in [0.1, 0.15) is 0 Å². The standard InChI is InChI=1S/C30H41N5O/c1-32(2)30(25-7-4-3-5-8-25)16-14-29(15-17-30)23-34(28(36)35(29)22-24-10-11-24)26-12-19-33(20-13-26)27-9-6-18-31-21-27/h3-9,18,21,24,26H,10-17,19-20,22-23H2,1-2H3. The Morgan fingerprint density at radius 2 is 1.67 bits per heavy atom. The van der Waals surface area contributed by atoms with Gasteiger partial charge in [0.2, 0.25) is 0 Å². The molecule has 2 saturated carbocycles. The average molecular weight is 488 g/mol. The molecule has 0 atom stereocenters. The van der Waals surface area contributed by atoms with Gasteiger partial charge in [0, 0.05) is 44.0 Å². The number of rotatable bonds is 6. The van der Waals surface area contributed by atoms with Crippen molar-refractivity contribution in [3.8, 4) is 0 Å². The van der Waals surface area contributed by atoms with Crippen LogP contribution in [-0.2, 0) is 5.54 Å². The predicted molar refractivity (Wildman–Crippen MR) is 144 cm³/mol. The van der Waals surface area contributed by atoms with Gasteiger partial charge in [-0.25, -0.2) is 4.79 Å². The zero-order valence-corrected chi connectivity index (χ0v) is 22.0. The molecule has 3 heterocycles. The van der Waals surface area contributed by atoms with Crippen molar-refractivity contribution in [3.05, 3.63) is 60.4 Å². The molecule has 36 heavy (non-hydrogen) atoms. The predicted octanol–water partition coefficient (Wildman–Crippen LogP) is 4.97. The lowest BCUT2D eigenvalue weighted by Crippen LogP contribution is -2.55. The van der Waals surface area contributed by atoms with Crippen molar-refractivity contribution in [1.82, 2.24) is 19.7 Å². The van der Waals surface area contributed by atoms with E-state index in [4.69, 9.17) is 0 Å². The van der Waals surface area contributed by atoms with Crippen molar-refractivity contribution in [1.29, 1.82) is 0 Å². The highest BCUT2D eigenvalue weighted by atomic mass is 16.2. The van der Waals surface area contributed by atoms with Gasteiger partial charge in [-0.3, -0.25) is 9.88 Å². The van der Waals surface area contributed by atoms with Gasteiger partial charge in [-0.2, -0.15) is 0 Å². The summed E-state index contributed by atoms with van der Waals surface area (Å²) in [6.07, 6.45) is 12.8. The highest BCUT2D eigenvalue weighted by Crippen LogP contribution is 2.50. The molecule has 1 aromatic carbocycles. The van der Waals surface area contributed by atoms with Crippen LogP contribution >= 0.6 is 0 Å². The number of urea groups is 1. The Kier molecular flexibility index (Phi) is 6.19. The highest BCUT2D eigenvalue weighted by Gasteiger charge is 2.56. The Balaban J connectivity index is 1.20. The maximum atomic E-state index is 14.0. The average Bonchev–Trinajstić information content (AvgIpc) is 3.72. The summed E-state index contributed by atoms with van der Waals surface area (Å²) >= 11 is 0. The molecule has 0 bridgehead atoms. The zero-order valence-electron chi connectivity index (χ0n) is 22.0. The molecule has 4 aliphatic rings. The number of piperidine rings is 1. The lowest BCUT2D eigenvalue weighted by Gasteiger charge is -2.51. The van der Waals surface area contributed by atoms with E-state index in [9.17, 15) is 4.79 Å². The van der Waals surface area contributed by atoms with Crippen LogP contribution in [0.15, 0.2) is 54.9 Å². The van der Waals surface area contributed by atoms with Crippen LogP contribution in [0, 0.1) is 5.92 Å². The second kappa shape index (κ2) is 9.37. The van der Waals surface area contributed by atoms with Crippen LogP contribution in [0.2, 0.25) is 0 Å². The van der Waals surface area contributed by atoms with E-state index in [0.29, 0.717) is 18.0 Å². The van der Waals surface area contributed by atoms with Crippen LogP contribution in [0.25, 0.3) is 0 Å². The Morgan fingerprint density at radius 1 is 0.944 bits per heavy atom. The van der Waals surface area contributed by atoms with Gasteiger partial charge in [-0.05, 0) is 89.1 Å². The number of aromatic nitrogens is 1. The largest absolute Gasteiger partial charge is 0.370 e. The molecule has 0 N–H and O–H groups in total. The van der Waals surface area contributed by atoms with Crippen LogP contribution < -0.4 is 4.90 Å². The second-order valence-corrected chi connectivity index (χ2v) is 11.9. The Bertz CT molecular complexity index is 1040. The first-order valence-electron chi connectivity index (χ1n) is 14.0. The molecular weight excluding hydrogens is 446 g/mol. The number of nitrogens with zero attached hydrogens (tertiary/aromatic N) is 5. The van der Waals surface area contributed by atoms with Gasteiger partial charge in [0.05, 0.1) is 17.4 Å². The lowest BCUT2D eigenvalue weighted by molar-refractivity contribution is 0.0226. The molecule has 0 radical (unpaired) electrons. The van der Waals surface area contributed by atoms with Gasteiger partial charge < -0.3 is 14.7 Å². The molecule has 0 unspecified atom stereocenters. The summed E-state index contributed by atoms with van der Waals surface area (Å²) in [6.45, 7) is 3.86. The third kappa shape index (κ3) is 4.17. The molecule has 2 aliphatic heterocycles. The zero-order chi connectivity index (χ0) is 24.8. The molecule has 2 aliphatic carbocycles. The van der Waals surface area contributed by atoms with Crippen LogP contribution in [0.1, 0.15) is 56.9 Å². The third-order valence-electron chi connectivity index (χ3n) is 9.74. The topological polar surface area (TPSA) is 42.9 Å². The first kappa shape index (κ1) is 23.8. The van der Waals surface area contributed by atoms with Crippen molar-refractivity contribution >= 4 is 11.7 Å². The van der Waals surface area contributed by atoms with Gasteiger partial charge >= 0.3 is 6.03 Å². The maximum Gasteiger partial charge on any atom is 0.320 e. The molecule has 4 fully saturated rings. The molecule has 2 amide bonds. The van der Waals surface area contributed by atoms with Gasteiger partial charge in [0.25, 0.3) is 0 Å². The van der Waals surface area contributed by atoms with E-state index in [0.717, 1.165) is 64.7 Å². The maximum absolute atomic E-state index is 14.0. The van der Waals surface area contributed by atoms with Gasteiger partial charge in [0.15, 0.2) is 0 Å². The van der Waals surface area contributed by atoms with Crippen LogP contribution in [0.4, 0.5) is 10.5 Å². The molecule has 6 rings (SSSR count). The number of carbonyl (C=O) groups is 1. The molecule has 6 heteroatoms. The van der Waals surface area contributed by atoms with E-state index in [2.05, 4.69) is 75.1 Å². The number of anilines is 1. The van der Waals surface area contributed by atoms with E-state index in [1.54, 1.807) is 0 Å². The monoisotopic (exact) mass is 487 g/mol. The van der Waals surface area contributed by atoms with E-state index in [1.165, 1.54) is 24.1 Å². The van der Waals surface area contributed by atoms with Crippen LogP contribution in [0.3, 0.4) is 0 Å². The summed E-state index contributed by atoms with van der Waals surface area (Å²) in [6, 6.07) is 15.9. The lowest BCUT2D eigenvalue weighted by atomic mass is 9.68. The summed E-state index contributed by atoms with van der Waals surface area (Å²) in [5.74, 6) is 0.716. The van der Waals surface area contributed by atoms with E-state index < -0.39 is 0 Å². The molecule has 2 aromatic rings. The smallest absolute Gasteiger partial charge is 0.320 e. The highest BCUT2D eigenvalue weighted by molar-refractivity contribution is 5.79. The number of hydrogen-bond acceptors (Lipinski definition) is 4. The minimum absolute atomic E-state index is 0.00551. The normalized spacial score (nSPS) is 29.5. The van der Waals surface area contributed by atoms with Gasteiger partial charge in [-0.1, -0.05) is 30.3 Å². The molecule has 6 nitrogen and oxygen atoms in total. The molecule has 1 spiro atoms. The summed E-state index contributed by atoms with van der Waals surface area (Å²) in [4.78, 5) is 27.8. The third-order valence-corrected chi connectivity index (χ3v) is 9.74. The van der Waals surface area contributed by atoms with Crippen molar-refractivity contribution in [3.63, 3.8) is 0 Å². The van der Waals surface area contributed by atoms with Crippen LogP contribution in [0.5, 0.6) is 0 Å². The fraction of sp³-hybridized carbons (Fsp3) is 0.600. The number of amides is 2. The van der Waals surface area contributed by atoms with Crippen molar-refractivity contribution in [2.24, 2.45) is 5.92 Å². The summed E-state index contributed by atoms with van der Waals surface area (Å²) in [5, 5.41) is 0. The first-order valence-corrected chi connectivity index (χ1v) is 14.0. The number of pyridine rings is 1. The molecule has 192 valence electrons. The van der Waals surface area contributed by atoms with E-state index in [-0.39, 0.29) is 11.1 Å². The molecule has 2 saturated heterocycles. The van der Waals surface area contributed by atoms with Gasteiger partial charge in [-0.15, -0.1) is 0 Å². The summed E-state index contributed by atoms with van der Waals surface area (Å²) < 4.78 is 0. The Morgan fingerprint density at radius 3 is 2.28 bits per heavy atom. The minimum Gasteiger partial charge on any atom is -0.370 e. The second-order valence-electron chi connectivity index (χ2n) is 11.9. The van der Waals surface area contributed by atoms with E-state index in [1.807, 2.05) is 18.5 Å². The quantitative estimate of drug-likeness (QED) is 0.577. The Hall–Kier alpha value is -2.60. The van der Waals surface area contributed by atoms with Crippen molar-refractivity contribution in [2.45, 2.75) is 68.5 Å². The van der Waals surface area contributed by atoms with Crippen molar-refractivity contribution < 1.29 is 4.79 Å². The Labute approximate surface area is 216 Å². The van der Waals surface area contributed by atoms with Crippen LogP contribution in [-0.4, -0.2) is 77.6 Å². The van der Waals surface area contributed by atoms with E-state index >= 15 is 0 Å². The molecular formula is C30H41N5O. The number of carbonyl (C=O) groups excluding carboxylic acids is 1. The summed E-state index contributed by atoms with van der Waals surface area (Å²) in [7, 11) is 4.46. The minimum atomic E-state index is -0.00551. The number of benzene rings is 1. The summed E-state index contributed by atoms with van der Waals surface area (Å²) in [5.41, 5.74) is 2.67. The van der Waals surface area contributed by atoms with Crippen molar-refractivity contribution in [2.75, 3.05) is 45.2 Å². The first-order chi connectivity index (χ1) is 17.5. The fourth-order valence-corrected chi connectivity index (χ4v) is 7.22. The SMILES string of the molecule is CN(C)C1(c2ccccc2)CCC2(CC1)CN(C1CCN(c3cccnc3)CC1)C(=O)N2CC1CC1. The number of hydrogen-bond donors (Lipinski definition) is 0.